The number of hydrogen-bond acceptors (Lipinski definition) is 18. The maximum Gasteiger partial charge on any atom is 0.323 e. The van der Waals surface area contributed by atoms with Crippen molar-refractivity contribution in [1.29, 1.82) is 0 Å². The molecule has 0 radical (unpaired) electrons. The predicted molar refractivity (Wildman–Crippen MR) is 377 cm³/mol. The van der Waals surface area contributed by atoms with E-state index in [0.29, 0.717) is 107 Å². The van der Waals surface area contributed by atoms with Gasteiger partial charge in [0.05, 0.1) is 55.2 Å². The first-order valence-corrected chi connectivity index (χ1v) is 35.1. The average Bonchev–Trinajstić information content (AvgIpc) is 1.28. The third-order valence-electron chi connectivity index (χ3n) is 16.0. The van der Waals surface area contributed by atoms with Crippen LogP contribution in [0.3, 0.4) is 0 Å². The van der Waals surface area contributed by atoms with E-state index in [4.69, 9.17) is 23.9 Å². The van der Waals surface area contributed by atoms with E-state index in [9.17, 15) is 50.5 Å². The SMILES string of the molecule is Cc1cc(OCCCC(=O)NCCCOCCOCCOCCCNC(=O)c2ccc(N/N=C/c3ccccc3S(=O)(=O)O)nc2)cc(C)c1S(=O)(=O)NC(CNC(=O)c1cn(C)c2cc(CNc3nccn3C(c3ccccc3)(c3ccccc3)c3ccccc3)ccc2c1=O)C(=O)O. The highest BCUT2D eigenvalue weighted by molar-refractivity contribution is 7.89. The number of pyridine rings is 2. The molecular weight excluding hydrogens is 1320 g/mol. The normalized spacial score (nSPS) is 12.1. The standard InChI is InChI=1S/C72H79N11O15S2/c1-50-42-58(98-37-15-26-65(84)73-31-16-35-95-38-40-97-41-39-96-36-17-32-74-68(86)54-28-30-64(76-46-54)80-79-47-53-18-13-14-25-63(53)100(92,93)94)43-51(2)67(50)99(90,91)81-61(70(88)89)48-77-69(87)60-49-82(3)62-44-52(27-29-59(62)66(60)85)45-78-71-75-33-34-83(71)72(55-19-7-4-8-20-55,56-21-9-5-10-22-56)57-23-11-6-12-24-57/h4-14,18-25,27-30,33-34,42-44,46-47,49,61,81H,15-17,26,31-32,35-41,45,48H2,1-3H3,(H,73,84)(H,74,86)(H,75,78)(H,76,80)(H,77,87)(H,88,89)(H,92,93,94)/b79-47+. The van der Waals surface area contributed by atoms with E-state index in [0.717, 1.165) is 22.3 Å². The zero-order valence-corrected chi connectivity index (χ0v) is 57.0. The molecular formula is C72H79N11O15S2. The zero-order valence-electron chi connectivity index (χ0n) is 55.3. The Hall–Kier alpha value is -10.5. The van der Waals surface area contributed by atoms with Crippen LogP contribution < -0.4 is 41.6 Å². The summed E-state index contributed by atoms with van der Waals surface area (Å²) in [5, 5.41) is 26.0. The van der Waals surface area contributed by atoms with E-state index in [1.807, 2.05) is 66.9 Å². The highest BCUT2D eigenvalue weighted by atomic mass is 32.2. The molecule has 1 atom stereocenters. The summed E-state index contributed by atoms with van der Waals surface area (Å²) in [4.78, 5) is 73.6. The fourth-order valence-corrected chi connectivity index (χ4v) is 13.6. The van der Waals surface area contributed by atoms with Crippen molar-refractivity contribution in [3.8, 4) is 5.75 Å². The van der Waals surface area contributed by atoms with Crippen LogP contribution in [0, 0.1) is 13.8 Å². The van der Waals surface area contributed by atoms with E-state index >= 15 is 0 Å². The smallest absolute Gasteiger partial charge is 0.323 e. The van der Waals surface area contributed by atoms with Gasteiger partial charge in [-0.25, -0.2) is 18.4 Å². The molecule has 0 spiro atoms. The van der Waals surface area contributed by atoms with Crippen LogP contribution >= 0.6 is 0 Å². The van der Waals surface area contributed by atoms with Crippen LogP contribution in [-0.2, 0) is 63.1 Å². The molecule has 26 nitrogen and oxygen atoms in total. The number of carbonyl (C=O) groups excluding carboxylic acids is 3. The van der Waals surface area contributed by atoms with Gasteiger partial charge in [0, 0.05) is 88.6 Å². The van der Waals surface area contributed by atoms with E-state index in [1.54, 1.807) is 42.1 Å². The van der Waals surface area contributed by atoms with Crippen molar-refractivity contribution in [2.24, 2.45) is 12.1 Å². The molecule has 9 aromatic rings. The van der Waals surface area contributed by atoms with Gasteiger partial charge in [-0.05, 0) is 109 Å². The van der Waals surface area contributed by atoms with Gasteiger partial charge in [0.15, 0.2) is 0 Å². The molecule has 100 heavy (non-hydrogen) atoms. The number of carboxylic acids is 1. The number of benzene rings is 6. The van der Waals surface area contributed by atoms with Crippen molar-refractivity contribution in [3.63, 3.8) is 0 Å². The highest BCUT2D eigenvalue weighted by Gasteiger charge is 2.40. The summed E-state index contributed by atoms with van der Waals surface area (Å²) in [6.07, 6.45) is 9.33. The van der Waals surface area contributed by atoms with E-state index < -0.39 is 55.6 Å². The number of nitrogens with zero attached hydrogens (tertiary/aromatic N) is 5. The fourth-order valence-electron chi connectivity index (χ4n) is 11.3. The molecule has 0 aliphatic heterocycles. The van der Waals surface area contributed by atoms with Crippen LogP contribution in [0.25, 0.3) is 10.9 Å². The second-order valence-electron chi connectivity index (χ2n) is 23.1. The van der Waals surface area contributed by atoms with Crippen molar-refractivity contribution in [2.45, 2.75) is 67.4 Å². The number of sulfonamides is 1. The van der Waals surface area contributed by atoms with Gasteiger partial charge in [0.2, 0.25) is 27.3 Å². The highest BCUT2D eigenvalue weighted by Crippen LogP contribution is 2.42. The number of nitrogens with one attached hydrogen (secondary N) is 6. The van der Waals surface area contributed by atoms with Crippen LogP contribution in [0.4, 0.5) is 11.8 Å². The number of carbonyl (C=O) groups is 4. The monoisotopic (exact) mass is 1400 g/mol. The van der Waals surface area contributed by atoms with Gasteiger partial charge in [-0.15, -0.1) is 0 Å². The Morgan fingerprint density at radius 2 is 1.28 bits per heavy atom. The van der Waals surface area contributed by atoms with E-state index in [-0.39, 0.29) is 62.3 Å². The maximum absolute atomic E-state index is 14.0. The molecule has 3 heterocycles. The minimum Gasteiger partial charge on any atom is -0.494 e. The first kappa shape index (κ1) is 73.8. The van der Waals surface area contributed by atoms with Crippen molar-refractivity contribution in [2.75, 3.05) is 76.6 Å². The van der Waals surface area contributed by atoms with Gasteiger partial charge < -0.3 is 49.9 Å². The van der Waals surface area contributed by atoms with Gasteiger partial charge in [0.1, 0.15) is 33.6 Å². The predicted octanol–water partition coefficient (Wildman–Crippen LogP) is 7.59. The lowest BCUT2D eigenvalue weighted by Crippen LogP contribution is -2.49. The number of carboxylic acid groups (broad SMARTS) is 1. The number of aromatic nitrogens is 4. The van der Waals surface area contributed by atoms with E-state index in [2.05, 4.69) is 82.5 Å². The number of imidazole rings is 1. The Kier molecular flexibility index (Phi) is 26.1. The Labute approximate surface area is 579 Å². The lowest BCUT2D eigenvalue weighted by Gasteiger charge is -2.38. The summed E-state index contributed by atoms with van der Waals surface area (Å²) in [6, 6.07) is 46.0. The molecule has 1 unspecified atom stereocenters. The number of hydrazone groups is 1. The van der Waals surface area contributed by atoms with Gasteiger partial charge in [0.25, 0.3) is 21.9 Å². The van der Waals surface area contributed by atoms with Gasteiger partial charge in [-0.1, -0.05) is 115 Å². The summed E-state index contributed by atoms with van der Waals surface area (Å²) in [7, 11) is -7.24. The summed E-state index contributed by atoms with van der Waals surface area (Å²) < 4.78 is 88.7. The third-order valence-corrected chi connectivity index (χ3v) is 18.7. The van der Waals surface area contributed by atoms with Crippen molar-refractivity contribution in [3.05, 3.63) is 243 Å². The largest absolute Gasteiger partial charge is 0.494 e. The van der Waals surface area contributed by atoms with Gasteiger partial charge >= 0.3 is 5.97 Å². The molecule has 28 heteroatoms. The molecule has 0 bridgehead atoms. The van der Waals surface area contributed by atoms with Crippen molar-refractivity contribution < 1.29 is 64.6 Å². The fraction of sp³-hybridized carbons (Fsp3) is 0.278. The number of aliphatic carboxylic acids is 1. The summed E-state index contributed by atoms with van der Waals surface area (Å²) >= 11 is 0. The summed E-state index contributed by atoms with van der Waals surface area (Å²) in [6.45, 7) is 5.84. The number of anilines is 2. The number of rotatable bonds is 38. The number of ether oxygens (including phenoxy) is 4. The Bertz CT molecular complexity index is 4480. The lowest BCUT2D eigenvalue weighted by molar-refractivity contribution is -0.138. The second-order valence-corrected chi connectivity index (χ2v) is 26.2. The second kappa shape index (κ2) is 35.4. The number of amides is 3. The van der Waals surface area contributed by atoms with Gasteiger partial charge in [-0.2, -0.15) is 18.2 Å². The number of aryl methyl sites for hydroxylation is 3. The Morgan fingerprint density at radius 3 is 1.88 bits per heavy atom. The third kappa shape index (κ3) is 19.5. The minimum absolute atomic E-state index is 0.150. The molecule has 6 aromatic carbocycles. The van der Waals surface area contributed by atoms with Crippen LogP contribution in [0.5, 0.6) is 5.75 Å². The summed E-state index contributed by atoms with van der Waals surface area (Å²) in [5.74, 6) is -1.72. The molecule has 0 aliphatic carbocycles. The molecule has 8 N–H and O–H groups in total. The number of hydrogen-bond donors (Lipinski definition) is 8. The molecule has 524 valence electrons. The molecule has 0 fully saturated rings. The van der Waals surface area contributed by atoms with Crippen LogP contribution in [0.15, 0.2) is 202 Å². The quantitative estimate of drug-likeness (QED) is 0.00607. The molecule has 0 saturated carbocycles. The Morgan fingerprint density at radius 1 is 0.680 bits per heavy atom. The number of fused-ring (bicyclic) bond motifs is 1. The van der Waals surface area contributed by atoms with Crippen molar-refractivity contribution >= 4 is 72.7 Å². The molecule has 0 saturated heterocycles. The van der Waals surface area contributed by atoms with Crippen LogP contribution in [0.2, 0.25) is 0 Å². The topological polar surface area (TPSA) is 351 Å². The lowest BCUT2D eigenvalue weighted by atomic mass is 9.76. The van der Waals surface area contributed by atoms with Crippen LogP contribution in [0.1, 0.15) is 85.3 Å². The maximum atomic E-state index is 14.0. The van der Waals surface area contributed by atoms with Crippen molar-refractivity contribution in [1.82, 2.24) is 39.8 Å². The Balaban J connectivity index is 0.641. The first-order valence-electron chi connectivity index (χ1n) is 32.2. The summed E-state index contributed by atoms with van der Waals surface area (Å²) in [5.41, 5.74) is 6.40. The molecule has 0 aliphatic rings. The molecule has 3 aromatic heterocycles. The molecule has 3 amide bonds. The van der Waals surface area contributed by atoms with E-state index in [1.165, 1.54) is 68.9 Å². The van der Waals surface area contributed by atoms with Gasteiger partial charge in [-0.3, -0.25) is 38.5 Å². The first-order chi connectivity index (χ1) is 48.2. The zero-order chi connectivity index (χ0) is 71.1. The average molecular weight is 1400 g/mol. The minimum atomic E-state index is -4.50. The molecule has 9 rings (SSSR count). The van der Waals surface area contributed by atoms with Crippen LogP contribution in [-0.4, -0.2) is 147 Å².